The summed E-state index contributed by atoms with van der Waals surface area (Å²) in [6.07, 6.45) is 2.48. The smallest absolute Gasteiger partial charge is 0.293 e. The summed E-state index contributed by atoms with van der Waals surface area (Å²) in [6, 6.07) is 13.8. The molecule has 1 aliphatic heterocycles. The zero-order valence-corrected chi connectivity index (χ0v) is 17.6. The molecular weight excluding hydrogens is 426 g/mol. The zero-order valence-electron chi connectivity index (χ0n) is 15.2. The van der Waals surface area contributed by atoms with Crippen LogP contribution < -0.4 is 4.74 Å². The molecule has 6 heteroatoms. The van der Waals surface area contributed by atoms with E-state index in [4.69, 9.17) is 4.74 Å². The molecule has 0 aliphatic carbocycles. The Morgan fingerprint density at radius 2 is 1.89 bits per heavy atom. The van der Waals surface area contributed by atoms with Crippen LogP contribution in [0.4, 0.5) is 4.79 Å². The summed E-state index contributed by atoms with van der Waals surface area (Å²) in [5.74, 6) is 0.428. The number of carbonyl (C=O) groups is 2. The Morgan fingerprint density at radius 1 is 1.15 bits per heavy atom. The summed E-state index contributed by atoms with van der Waals surface area (Å²) in [6.45, 7) is 4.86. The highest BCUT2D eigenvalue weighted by Crippen LogP contribution is 2.35. The van der Waals surface area contributed by atoms with Gasteiger partial charge in [0, 0.05) is 16.6 Å². The minimum atomic E-state index is -0.240. The fraction of sp³-hybridized carbons (Fsp3) is 0.238. The SMILES string of the molecule is CCCN1C(=O)S/C(=C/c2cc(Br)ccc2OCc2ccc(C)cc2)C1=O. The van der Waals surface area contributed by atoms with Crippen LogP contribution in [-0.2, 0) is 11.4 Å². The van der Waals surface area contributed by atoms with Crippen LogP contribution in [-0.4, -0.2) is 22.6 Å². The van der Waals surface area contributed by atoms with Crippen molar-refractivity contribution in [3.8, 4) is 5.75 Å². The molecule has 2 amide bonds. The van der Waals surface area contributed by atoms with Crippen LogP contribution in [0.25, 0.3) is 6.08 Å². The summed E-state index contributed by atoms with van der Waals surface area (Å²) in [7, 11) is 0. The molecule has 3 rings (SSSR count). The lowest BCUT2D eigenvalue weighted by Crippen LogP contribution is -2.28. The van der Waals surface area contributed by atoms with E-state index in [0.717, 1.165) is 33.8 Å². The Bertz CT molecular complexity index is 893. The Kier molecular flexibility index (Phi) is 6.39. The number of ether oxygens (including phenoxy) is 1. The first-order valence-electron chi connectivity index (χ1n) is 8.71. The number of carbonyl (C=O) groups excluding carboxylic acids is 2. The molecule has 0 radical (unpaired) electrons. The van der Waals surface area contributed by atoms with Crippen molar-refractivity contribution in [2.45, 2.75) is 26.9 Å². The molecule has 1 fully saturated rings. The van der Waals surface area contributed by atoms with E-state index in [9.17, 15) is 9.59 Å². The molecule has 0 spiro atoms. The van der Waals surface area contributed by atoms with E-state index in [0.29, 0.717) is 23.8 Å². The third kappa shape index (κ3) is 4.82. The minimum absolute atomic E-state index is 0.217. The van der Waals surface area contributed by atoms with Crippen molar-refractivity contribution in [3.05, 3.63) is 68.5 Å². The molecule has 2 aromatic rings. The first kappa shape index (κ1) is 19.7. The van der Waals surface area contributed by atoms with E-state index in [1.807, 2.05) is 56.3 Å². The summed E-state index contributed by atoms with van der Waals surface area (Å²) in [5, 5.41) is -0.217. The Balaban J connectivity index is 1.83. The fourth-order valence-electron chi connectivity index (χ4n) is 2.67. The Labute approximate surface area is 171 Å². The monoisotopic (exact) mass is 445 g/mol. The summed E-state index contributed by atoms with van der Waals surface area (Å²) in [4.78, 5) is 26.2. The van der Waals surface area contributed by atoms with Gasteiger partial charge in [-0.05, 0) is 54.9 Å². The lowest BCUT2D eigenvalue weighted by molar-refractivity contribution is -0.122. The predicted octanol–water partition coefficient (Wildman–Crippen LogP) is 5.78. The van der Waals surface area contributed by atoms with Crippen molar-refractivity contribution in [2.75, 3.05) is 6.54 Å². The van der Waals surface area contributed by atoms with Gasteiger partial charge in [-0.15, -0.1) is 0 Å². The minimum Gasteiger partial charge on any atom is -0.488 e. The number of amides is 2. The van der Waals surface area contributed by atoms with Gasteiger partial charge in [0.25, 0.3) is 11.1 Å². The molecular formula is C21H20BrNO3S. The molecule has 1 aliphatic rings. The number of imide groups is 1. The van der Waals surface area contributed by atoms with Gasteiger partial charge in [-0.3, -0.25) is 14.5 Å². The van der Waals surface area contributed by atoms with E-state index < -0.39 is 0 Å². The van der Waals surface area contributed by atoms with E-state index in [1.165, 1.54) is 10.5 Å². The standard InChI is InChI=1S/C21H20BrNO3S/c1-3-10-23-20(24)19(27-21(23)25)12-16-11-17(22)8-9-18(16)26-13-15-6-4-14(2)5-7-15/h4-9,11-12H,3,10,13H2,1-2H3/b19-12+. The van der Waals surface area contributed by atoms with Crippen LogP contribution in [0.15, 0.2) is 51.8 Å². The van der Waals surface area contributed by atoms with Gasteiger partial charge in [0.15, 0.2) is 0 Å². The number of nitrogens with zero attached hydrogens (tertiary/aromatic N) is 1. The molecule has 0 bridgehead atoms. The van der Waals surface area contributed by atoms with Crippen LogP contribution in [0.3, 0.4) is 0 Å². The average Bonchev–Trinajstić information content (AvgIpc) is 2.90. The molecule has 0 aromatic heterocycles. The molecule has 0 N–H and O–H groups in total. The number of aryl methyl sites for hydroxylation is 1. The van der Waals surface area contributed by atoms with Crippen LogP contribution in [0.5, 0.6) is 5.75 Å². The third-order valence-electron chi connectivity index (χ3n) is 4.09. The van der Waals surface area contributed by atoms with Gasteiger partial charge >= 0.3 is 0 Å². The maximum Gasteiger partial charge on any atom is 0.293 e. The topological polar surface area (TPSA) is 46.6 Å². The average molecular weight is 446 g/mol. The van der Waals surface area contributed by atoms with Crippen LogP contribution in [0, 0.1) is 6.92 Å². The largest absolute Gasteiger partial charge is 0.488 e. The van der Waals surface area contributed by atoms with Crippen molar-refractivity contribution in [2.24, 2.45) is 0 Å². The highest BCUT2D eigenvalue weighted by molar-refractivity contribution is 9.10. The normalized spacial score (nSPS) is 15.7. The molecule has 2 aromatic carbocycles. The summed E-state index contributed by atoms with van der Waals surface area (Å²) in [5.41, 5.74) is 3.03. The molecule has 27 heavy (non-hydrogen) atoms. The molecule has 1 heterocycles. The second-order valence-electron chi connectivity index (χ2n) is 6.29. The van der Waals surface area contributed by atoms with Crippen molar-refractivity contribution in [1.82, 2.24) is 4.90 Å². The fourth-order valence-corrected chi connectivity index (χ4v) is 3.90. The van der Waals surface area contributed by atoms with E-state index in [1.54, 1.807) is 6.08 Å². The first-order valence-corrected chi connectivity index (χ1v) is 10.3. The number of rotatable bonds is 6. The summed E-state index contributed by atoms with van der Waals surface area (Å²) < 4.78 is 6.86. The second kappa shape index (κ2) is 8.76. The van der Waals surface area contributed by atoms with Gasteiger partial charge in [-0.2, -0.15) is 0 Å². The van der Waals surface area contributed by atoms with Crippen molar-refractivity contribution < 1.29 is 14.3 Å². The molecule has 1 saturated heterocycles. The van der Waals surface area contributed by atoms with Crippen molar-refractivity contribution in [3.63, 3.8) is 0 Å². The van der Waals surface area contributed by atoms with Gasteiger partial charge in [0.05, 0.1) is 4.91 Å². The van der Waals surface area contributed by atoms with Gasteiger partial charge in [-0.25, -0.2) is 0 Å². The van der Waals surface area contributed by atoms with Crippen LogP contribution in [0.2, 0.25) is 0 Å². The maximum absolute atomic E-state index is 12.5. The number of hydrogen-bond donors (Lipinski definition) is 0. The number of thioether (sulfide) groups is 1. The van der Waals surface area contributed by atoms with Crippen molar-refractivity contribution in [1.29, 1.82) is 0 Å². The number of hydrogen-bond acceptors (Lipinski definition) is 4. The highest BCUT2D eigenvalue weighted by Gasteiger charge is 2.34. The van der Waals surface area contributed by atoms with E-state index in [2.05, 4.69) is 15.9 Å². The van der Waals surface area contributed by atoms with Crippen LogP contribution >= 0.6 is 27.7 Å². The van der Waals surface area contributed by atoms with Gasteiger partial charge in [-0.1, -0.05) is 52.7 Å². The lowest BCUT2D eigenvalue weighted by atomic mass is 10.1. The van der Waals surface area contributed by atoms with Gasteiger partial charge in [0.2, 0.25) is 0 Å². The second-order valence-corrected chi connectivity index (χ2v) is 8.20. The Morgan fingerprint density at radius 3 is 2.59 bits per heavy atom. The lowest BCUT2D eigenvalue weighted by Gasteiger charge is -2.11. The third-order valence-corrected chi connectivity index (χ3v) is 5.49. The van der Waals surface area contributed by atoms with Gasteiger partial charge in [0.1, 0.15) is 12.4 Å². The van der Waals surface area contributed by atoms with E-state index in [-0.39, 0.29) is 11.1 Å². The Hall–Kier alpha value is -2.05. The maximum atomic E-state index is 12.5. The quantitative estimate of drug-likeness (QED) is 0.528. The van der Waals surface area contributed by atoms with Crippen LogP contribution in [0.1, 0.15) is 30.0 Å². The van der Waals surface area contributed by atoms with Gasteiger partial charge < -0.3 is 4.74 Å². The number of halogens is 1. The molecule has 140 valence electrons. The van der Waals surface area contributed by atoms with Crippen molar-refractivity contribution >= 4 is 44.9 Å². The van der Waals surface area contributed by atoms with E-state index >= 15 is 0 Å². The highest BCUT2D eigenvalue weighted by atomic mass is 79.9. The molecule has 0 unspecified atom stereocenters. The first-order chi connectivity index (χ1) is 13.0. The predicted molar refractivity (Wildman–Crippen MR) is 113 cm³/mol. The zero-order chi connectivity index (χ0) is 19.4. The molecule has 4 nitrogen and oxygen atoms in total. The molecule has 0 saturated carbocycles. The molecule has 0 atom stereocenters. The summed E-state index contributed by atoms with van der Waals surface area (Å²) >= 11 is 4.43. The number of benzene rings is 2.